The minimum atomic E-state index is -0.350. The highest BCUT2D eigenvalue weighted by Crippen LogP contribution is 2.06. The molecule has 2 rings (SSSR count). The van der Waals surface area contributed by atoms with Crippen molar-refractivity contribution >= 4 is 12.0 Å². The van der Waals surface area contributed by atoms with E-state index in [1.54, 1.807) is 19.2 Å². The zero-order valence-electron chi connectivity index (χ0n) is 10.8. The first-order valence-electron chi connectivity index (χ1n) is 6.19. The monoisotopic (exact) mass is 256 g/mol. The van der Waals surface area contributed by atoms with Crippen LogP contribution >= 0.6 is 0 Å². The number of hydrogen-bond acceptors (Lipinski definition) is 3. The largest absolute Gasteiger partial charge is 0.463 e. The SMILES string of the molecule is CCOC(=O)/C=C/c1nccn1Cc1ccccc1. The average molecular weight is 256 g/mol. The molecule has 2 aromatic rings. The van der Waals surface area contributed by atoms with Gasteiger partial charge in [-0.1, -0.05) is 30.3 Å². The van der Waals surface area contributed by atoms with Crippen LogP contribution in [0.5, 0.6) is 0 Å². The maximum absolute atomic E-state index is 11.3. The topological polar surface area (TPSA) is 44.1 Å². The summed E-state index contributed by atoms with van der Waals surface area (Å²) < 4.78 is 6.81. The fourth-order valence-electron chi connectivity index (χ4n) is 1.73. The van der Waals surface area contributed by atoms with E-state index in [0.717, 1.165) is 12.4 Å². The molecule has 0 atom stereocenters. The van der Waals surface area contributed by atoms with E-state index in [9.17, 15) is 4.79 Å². The maximum atomic E-state index is 11.3. The van der Waals surface area contributed by atoms with Crippen molar-refractivity contribution in [2.24, 2.45) is 0 Å². The molecule has 0 aliphatic heterocycles. The number of rotatable bonds is 5. The lowest BCUT2D eigenvalue weighted by atomic mass is 10.2. The number of aromatic nitrogens is 2. The van der Waals surface area contributed by atoms with Crippen LogP contribution in [-0.2, 0) is 16.1 Å². The van der Waals surface area contributed by atoms with Crippen LogP contribution in [0.1, 0.15) is 18.3 Å². The molecule has 0 amide bonds. The molecule has 1 heterocycles. The van der Waals surface area contributed by atoms with Gasteiger partial charge in [-0.2, -0.15) is 0 Å². The van der Waals surface area contributed by atoms with Crippen LogP contribution < -0.4 is 0 Å². The van der Waals surface area contributed by atoms with E-state index in [0.29, 0.717) is 6.61 Å². The lowest BCUT2D eigenvalue weighted by Crippen LogP contribution is -2.02. The first-order valence-corrected chi connectivity index (χ1v) is 6.19. The molecule has 0 spiro atoms. The summed E-state index contributed by atoms with van der Waals surface area (Å²) in [4.78, 5) is 15.5. The Kier molecular flexibility index (Phi) is 4.50. The predicted molar refractivity (Wildman–Crippen MR) is 73.4 cm³/mol. The summed E-state index contributed by atoms with van der Waals surface area (Å²) in [6.45, 7) is 2.88. The molecular formula is C15H16N2O2. The van der Waals surface area contributed by atoms with Crippen molar-refractivity contribution < 1.29 is 9.53 Å². The number of nitrogens with zero attached hydrogens (tertiary/aromatic N) is 2. The van der Waals surface area contributed by atoms with Gasteiger partial charge in [-0.15, -0.1) is 0 Å². The number of imidazole rings is 1. The van der Waals surface area contributed by atoms with E-state index in [4.69, 9.17) is 4.74 Å². The van der Waals surface area contributed by atoms with Crippen molar-refractivity contribution in [3.8, 4) is 0 Å². The van der Waals surface area contributed by atoms with Gasteiger partial charge in [-0.3, -0.25) is 0 Å². The summed E-state index contributed by atoms with van der Waals surface area (Å²) in [5.41, 5.74) is 1.19. The minimum Gasteiger partial charge on any atom is -0.463 e. The Bertz CT molecular complexity index is 559. The molecule has 1 aromatic carbocycles. The summed E-state index contributed by atoms with van der Waals surface area (Å²) in [5.74, 6) is 0.383. The van der Waals surface area contributed by atoms with Gasteiger partial charge in [0.1, 0.15) is 5.82 Å². The Balaban J connectivity index is 2.08. The van der Waals surface area contributed by atoms with Crippen molar-refractivity contribution in [3.63, 3.8) is 0 Å². The number of carbonyl (C=O) groups is 1. The number of ether oxygens (including phenoxy) is 1. The molecule has 0 aliphatic carbocycles. The highest BCUT2D eigenvalue weighted by atomic mass is 16.5. The van der Waals surface area contributed by atoms with Gasteiger partial charge < -0.3 is 9.30 Å². The Morgan fingerprint density at radius 3 is 2.89 bits per heavy atom. The summed E-state index contributed by atoms with van der Waals surface area (Å²) in [7, 11) is 0. The van der Waals surface area contributed by atoms with Gasteiger partial charge in [0.25, 0.3) is 0 Å². The standard InChI is InChI=1S/C15H16N2O2/c1-2-19-15(18)9-8-14-16-10-11-17(14)12-13-6-4-3-5-7-13/h3-11H,2,12H2,1H3/b9-8+. The summed E-state index contributed by atoms with van der Waals surface area (Å²) in [5, 5.41) is 0. The van der Waals surface area contributed by atoms with Crippen LogP contribution in [0.25, 0.3) is 6.08 Å². The molecule has 0 bridgehead atoms. The molecule has 0 saturated heterocycles. The predicted octanol–water partition coefficient (Wildman–Crippen LogP) is 2.51. The third-order valence-electron chi connectivity index (χ3n) is 2.60. The van der Waals surface area contributed by atoms with E-state index in [1.165, 1.54) is 11.6 Å². The van der Waals surface area contributed by atoms with E-state index in [1.807, 2.05) is 29.0 Å². The van der Waals surface area contributed by atoms with E-state index >= 15 is 0 Å². The zero-order chi connectivity index (χ0) is 13.5. The molecule has 1 aromatic heterocycles. The normalized spacial score (nSPS) is 10.8. The van der Waals surface area contributed by atoms with Crippen LogP contribution in [0.4, 0.5) is 0 Å². The highest BCUT2D eigenvalue weighted by Gasteiger charge is 2.01. The molecular weight excluding hydrogens is 240 g/mol. The third kappa shape index (κ3) is 3.81. The number of hydrogen-bond donors (Lipinski definition) is 0. The smallest absolute Gasteiger partial charge is 0.330 e. The van der Waals surface area contributed by atoms with Gasteiger partial charge in [-0.05, 0) is 18.6 Å². The molecule has 0 saturated carbocycles. The quantitative estimate of drug-likeness (QED) is 0.610. The van der Waals surface area contributed by atoms with Crippen LogP contribution in [0.15, 0.2) is 48.8 Å². The zero-order valence-corrected chi connectivity index (χ0v) is 10.8. The van der Waals surface area contributed by atoms with Crippen LogP contribution in [0.3, 0.4) is 0 Å². The van der Waals surface area contributed by atoms with Gasteiger partial charge in [0.2, 0.25) is 0 Å². The first-order chi connectivity index (χ1) is 9.29. The van der Waals surface area contributed by atoms with Crippen LogP contribution in [-0.4, -0.2) is 22.1 Å². The fourth-order valence-corrected chi connectivity index (χ4v) is 1.73. The van der Waals surface area contributed by atoms with Crippen LogP contribution in [0.2, 0.25) is 0 Å². The Morgan fingerprint density at radius 2 is 2.16 bits per heavy atom. The molecule has 0 unspecified atom stereocenters. The van der Waals surface area contributed by atoms with Crippen molar-refractivity contribution in [3.05, 3.63) is 60.2 Å². The molecule has 0 N–H and O–H groups in total. The van der Waals surface area contributed by atoms with Gasteiger partial charge in [-0.25, -0.2) is 9.78 Å². The summed E-state index contributed by atoms with van der Waals surface area (Å²) in [6, 6.07) is 10.1. The maximum Gasteiger partial charge on any atom is 0.330 e. The molecule has 0 fully saturated rings. The molecule has 19 heavy (non-hydrogen) atoms. The highest BCUT2D eigenvalue weighted by molar-refractivity contribution is 5.86. The number of carbonyl (C=O) groups excluding carboxylic acids is 1. The lowest BCUT2D eigenvalue weighted by Gasteiger charge is -2.05. The van der Waals surface area contributed by atoms with Crippen molar-refractivity contribution in [2.75, 3.05) is 6.61 Å². The van der Waals surface area contributed by atoms with E-state index in [-0.39, 0.29) is 5.97 Å². The summed E-state index contributed by atoms with van der Waals surface area (Å²) >= 11 is 0. The lowest BCUT2D eigenvalue weighted by molar-refractivity contribution is -0.137. The number of esters is 1. The number of benzene rings is 1. The van der Waals surface area contributed by atoms with E-state index < -0.39 is 0 Å². The van der Waals surface area contributed by atoms with Gasteiger partial charge >= 0.3 is 5.97 Å². The second kappa shape index (κ2) is 6.54. The van der Waals surface area contributed by atoms with Gasteiger partial charge in [0, 0.05) is 25.0 Å². The molecule has 0 aliphatic rings. The van der Waals surface area contributed by atoms with Gasteiger partial charge in [0.15, 0.2) is 0 Å². The molecule has 4 heteroatoms. The van der Waals surface area contributed by atoms with Crippen molar-refractivity contribution in [1.82, 2.24) is 9.55 Å². The Hall–Kier alpha value is -2.36. The second-order valence-electron chi connectivity index (χ2n) is 3.98. The molecule has 0 radical (unpaired) electrons. The van der Waals surface area contributed by atoms with E-state index in [2.05, 4.69) is 17.1 Å². The first kappa shape index (κ1) is 13.1. The van der Waals surface area contributed by atoms with Crippen LogP contribution in [0, 0.1) is 0 Å². The van der Waals surface area contributed by atoms with Gasteiger partial charge in [0.05, 0.1) is 6.61 Å². The fraction of sp³-hybridized carbons (Fsp3) is 0.200. The average Bonchev–Trinajstić information content (AvgIpc) is 2.85. The van der Waals surface area contributed by atoms with Crippen molar-refractivity contribution in [1.29, 1.82) is 0 Å². The Morgan fingerprint density at radius 1 is 1.37 bits per heavy atom. The second-order valence-corrected chi connectivity index (χ2v) is 3.98. The van der Waals surface area contributed by atoms with Crippen molar-refractivity contribution in [2.45, 2.75) is 13.5 Å². The minimum absolute atomic E-state index is 0.350. The molecule has 4 nitrogen and oxygen atoms in total. The Labute approximate surface area is 112 Å². The third-order valence-corrected chi connectivity index (χ3v) is 2.60. The molecule has 98 valence electrons. The summed E-state index contributed by atoms with van der Waals surface area (Å²) in [6.07, 6.45) is 6.67.